The van der Waals surface area contributed by atoms with Crippen molar-refractivity contribution >= 4 is 46.6 Å². The Bertz CT molecular complexity index is 1070. The van der Waals surface area contributed by atoms with Crippen LogP contribution in [0.3, 0.4) is 0 Å². The fourth-order valence-electron chi connectivity index (χ4n) is 2.70. The maximum Gasteiger partial charge on any atom is 0.255 e. The van der Waals surface area contributed by atoms with Crippen LogP contribution >= 0.6 is 23.4 Å². The molecule has 158 valence electrons. The number of anilines is 1. The summed E-state index contributed by atoms with van der Waals surface area (Å²) in [6.07, 6.45) is 0. The lowest BCUT2D eigenvalue weighted by Gasteiger charge is -2.08. The number of hydrazone groups is 1. The van der Waals surface area contributed by atoms with Gasteiger partial charge in [0.25, 0.3) is 5.91 Å². The lowest BCUT2D eigenvalue weighted by molar-refractivity contribution is -0.118. The molecular weight excluding hydrogens is 430 g/mol. The summed E-state index contributed by atoms with van der Waals surface area (Å²) in [6, 6.07) is 23.9. The van der Waals surface area contributed by atoms with Crippen molar-refractivity contribution in [2.24, 2.45) is 5.10 Å². The lowest BCUT2D eigenvalue weighted by atomic mass is 10.1. The van der Waals surface area contributed by atoms with Gasteiger partial charge in [0, 0.05) is 22.0 Å². The topological polar surface area (TPSA) is 70.6 Å². The summed E-state index contributed by atoms with van der Waals surface area (Å²) in [5.41, 5.74) is 6.38. The van der Waals surface area contributed by atoms with E-state index in [0.29, 0.717) is 27.7 Å². The molecule has 31 heavy (non-hydrogen) atoms. The average Bonchev–Trinajstić information content (AvgIpc) is 2.79. The molecule has 5 nitrogen and oxygen atoms in total. The van der Waals surface area contributed by atoms with Gasteiger partial charge < -0.3 is 5.32 Å². The molecule has 7 heteroatoms. The molecule has 2 amide bonds. The molecule has 0 aliphatic rings. The van der Waals surface area contributed by atoms with Gasteiger partial charge in [-0.3, -0.25) is 9.59 Å². The fourth-order valence-corrected chi connectivity index (χ4v) is 3.61. The van der Waals surface area contributed by atoms with Gasteiger partial charge >= 0.3 is 0 Å². The molecule has 0 aliphatic heterocycles. The second kappa shape index (κ2) is 11.3. The first-order chi connectivity index (χ1) is 15.0. The number of carbonyl (C=O) groups is 2. The maximum absolute atomic E-state index is 12.3. The van der Waals surface area contributed by atoms with Gasteiger partial charge in [0.1, 0.15) is 0 Å². The van der Waals surface area contributed by atoms with Crippen molar-refractivity contribution in [1.29, 1.82) is 0 Å². The van der Waals surface area contributed by atoms with Crippen LogP contribution in [-0.2, 0) is 10.5 Å². The van der Waals surface area contributed by atoms with E-state index in [1.54, 1.807) is 19.1 Å². The summed E-state index contributed by atoms with van der Waals surface area (Å²) in [5, 5.41) is 7.75. The van der Waals surface area contributed by atoms with E-state index in [1.165, 1.54) is 11.8 Å². The summed E-state index contributed by atoms with van der Waals surface area (Å²) in [7, 11) is 0. The molecule has 0 saturated heterocycles. The minimum atomic E-state index is -0.182. The first-order valence-electron chi connectivity index (χ1n) is 9.63. The Morgan fingerprint density at radius 2 is 1.65 bits per heavy atom. The van der Waals surface area contributed by atoms with Crippen LogP contribution in [0.15, 0.2) is 84.0 Å². The Hall–Kier alpha value is -3.09. The zero-order valence-electron chi connectivity index (χ0n) is 17.0. The van der Waals surface area contributed by atoms with Crippen LogP contribution in [0.5, 0.6) is 0 Å². The van der Waals surface area contributed by atoms with Crippen molar-refractivity contribution in [2.75, 3.05) is 11.1 Å². The molecule has 0 bridgehead atoms. The molecule has 2 N–H and O–H groups in total. The Morgan fingerprint density at radius 1 is 0.935 bits per heavy atom. The molecule has 3 rings (SSSR count). The van der Waals surface area contributed by atoms with Gasteiger partial charge in [-0.15, -0.1) is 11.8 Å². The number of rotatable bonds is 8. The summed E-state index contributed by atoms with van der Waals surface area (Å²) in [6.45, 7) is 1.80. The number of carbonyl (C=O) groups excluding carboxylic acids is 2. The van der Waals surface area contributed by atoms with Crippen molar-refractivity contribution in [3.05, 3.63) is 101 Å². The summed E-state index contributed by atoms with van der Waals surface area (Å²) in [5.74, 6) is 0.661. The lowest BCUT2D eigenvalue weighted by Crippen LogP contribution is -2.21. The molecule has 0 heterocycles. The Balaban J connectivity index is 1.51. The second-order valence-corrected chi connectivity index (χ2v) is 8.17. The SMILES string of the molecule is C/C(=N\NC(=O)CSCc1ccc(Cl)cc1)c1cccc(NC(=O)c2ccccc2)c1. The molecule has 0 unspecified atom stereocenters. The number of thioether (sulfide) groups is 1. The summed E-state index contributed by atoms with van der Waals surface area (Å²) in [4.78, 5) is 24.4. The van der Waals surface area contributed by atoms with Gasteiger partial charge in [-0.25, -0.2) is 5.43 Å². The van der Waals surface area contributed by atoms with E-state index in [1.807, 2.05) is 66.7 Å². The van der Waals surface area contributed by atoms with Crippen molar-refractivity contribution in [2.45, 2.75) is 12.7 Å². The zero-order valence-corrected chi connectivity index (χ0v) is 18.5. The van der Waals surface area contributed by atoms with E-state index >= 15 is 0 Å². The minimum absolute atomic E-state index is 0.174. The third-order valence-corrected chi connectivity index (χ3v) is 5.59. The van der Waals surface area contributed by atoms with Crippen LogP contribution in [-0.4, -0.2) is 23.3 Å². The van der Waals surface area contributed by atoms with Gasteiger partial charge in [0.15, 0.2) is 0 Å². The summed E-state index contributed by atoms with van der Waals surface area (Å²) >= 11 is 7.38. The van der Waals surface area contributed by atoms with Crippen LogP contribution in [0.1, 0.15) is 28.4 Å². The zero-order chi connectivity index (χ0) is 22.1. The van der Waals surface area contributed by atoms with E-state index in [4.69, 9.17) is 11.6 Å². The predicted molar refractivity (Wildman–Crippen MR) is 129 cm³/mol. The molecule has 0 radical (unpaired) electrons. The first kappa shape index (κ1) is 22.6. The predicted octanol–water partition coefficient (Wildman–Crippen LogP) is 5.37. The number of nitrogens with one attached hydrogen (secondary N) is 2. The highest BCUT2D eigenvalue weighted by Crippen LogP contribution is 2.16. The van der Waals surface area contributed by atoms with Crippen molar-refractivity contribution in [1.82, 2.24) is 5.43 Å². The molecule has 0 spiro atoms. The third-order valence-electron chi connectivity index (χ3n) is 4.34. The van der Waals surface area contributed by atoms with E-state index in [-0.39, 0.29) is 11.8 Å². The van der Waals surface area contributed by atoms with Crippen molar-refractivity contribution < 1.29 is 9.59 Å². The van der Waals surface area contributed by atoms with Gasteiger partial charge in [-0.2, -0.15) is 5.10 Å². The highest BCUT2D eigenvalue weighted by atomic mass is 35.5. The second-order valence-electron chi connectivity index (χ2n) is 6.75. The summed E-state index contributed by atoms with van der Waals surface area (Å²) < 4.78 is 0. The fraction of sp³-hybridized carbons (Fsp3) is 0.125. The van der Waals surface area contributed by atoms with Gasteiger partial charge in [-0.1, -0.05) is 54.1 Å². The minimum Gasteiger partial charge on any atom is -0.322 e. The molecule has 0 aromatic heterocycles. The van der Waals surface area contributed by atoms with E-state index in [2.05, 4.69) is 15.8 Å². The number of halogens is 1. The van der Waals surface area contributed by atoms with Gasteiger partial charge in [0.05, 0.1) is 11.5 Å². The molecule has 3 aromatic carbocycles. The number of amides is 2. The highest BCUT2D eigenvalue weighted by Gasteiger charge is 2.07. The molecule has 0 fully saturated rings. The maximum atomic E-state index is 12.3. The first-order valence-corrected chi connectivity index (χ1v) is 11.2. The molecular formula is C24H22ClN3O2S. The van der Waals surface area contributed by atoms with Gasteiger partial charge in [0.2, 0.25) is 5.91 Å². The van der Waals surface area contributed by atoms with Crippen LogP contribution in [0.25, 0.3) is 0 Å². The third kappa shape index (κ3) is 7.27. The number of nitrogens with zero attached hydrogens (tertiary/aromatic N) is 1. The number of hydrogen-bond acceptors (Lipinski definition) is 4. The van der Waals surface area contributed by atoms with E-state index in [9.17, 15) is 9.59 Å². The Labute approximate surface area is 190 Å². The van der Waals surface area contributed by atoms with Crippen molar-refractivity contribution in [3.8, 4) is 0 Å². The highest BCUT2D eigenvalue weighted by molar-refractivity contribution is 7.99. The average molecular weight is 452 g/mol. The van der Waals surface area contributed by atoms with Crippen molar-refractivity contribution in [3.63, 3.8) is 0 Å². The largest absolute Gasteiger partial charge is 0.322 e. The van der Waals surface area contributed by atoms with E-state index < -0.39 is 0 Å². The monoisotopic (exact) mass is 451 g/mol. The van der Waals surface area contributed by atoms with Crippen LogP contribution in [0, 0.1) is 0 Å². The van der Waals surface area contributed by atoms with Crippen LogP contribution in [0.4, 0.5) is 5.69 Å². The Kier molecular flexibility index (Phi) is 8.27. The number of hydrogen-bond donors (Lipinski definition) is 2. The number of benzene rings is 3. The normalized spacial score (nSPS) is 11.1. The van der Waals surface area contributed by atoms with E-state index in [0.717, 1.165) is 16.9 Å². The van der Waals surface area contributed by atoms with Gasteiger partial charge in [-0.05, 0) is 54.4 Å². The molecule has 0 aliphatic carbocycles. The van der Waals surface area contributed by atoms with Crippen LogP contribution < -0.4 is 10.7 Å². The standard InChI is InChI=1S/C24H22ClN3O2S/c1-17(27-28-23(29)16-31-15-18-10-12-21(25)13-11-18)20-8-5-9-22(14-20)26-24(30)19-6-3-2-4-7-19/h2-14H,15-16H2,1H3,(H,26,30)(H,28,29)/b27-17+. The smallest absolute Gasteiger partial charge is 0.255 e. The Morgan fingerprint density at radius 3 is 2.39 bits per heavy atom. The molecule has 0 saturated carbocycles. The molecule has 0 atom stereocenters. The molecule has 3 aromatic rings. The quantitative estimate of drug-likeness (QED) is 0.357. The van der Waals surface area contributed by atoms with Crippen LogP contribution in [0.2, 0.25) is 5.02 Å².